The molecule has 174 valence electrons. The van der Waals surface area contributed by atoms with Gasteiger partial charge in [-0.25, -0.2) is 0 Å². The molecule has 0 aromatic heterocycles. The lowest BCUT2D eigenvalue weighted by atomic mass is 9.88. The Bertz CT molecular complexity index is 972. The van der Waals surface area contributed by atoms with Crippen LogP contribution < -0.4 is 15.5 Å². The molecule has 33 heavy (non-hydrogen) atoms. The van der Waals surface area contributed by atoms with E-state index in [2.05, 4.69) is 32.6 Å². The average molecular weight is 447 g/mol. The van der Waals surface area contributed by atoms with Crippen LogP contribution in [0.2, 0.25) is 0 Å². The maximum absolute atomic E-state index is 12.8. The second-order valence-electron chi connectivity index (χ2n) is 9.66. The molecule has 1 heterocycles. The molecular formula is C27H34N4O2. The smallest absolute Gasteiger partial charge is 0.255 e. The number of carbonyl (C=O) groups excluding carboxylic acids is 2. The molecule has 2 aliphatic carbocycles. The first-order valence-corrected chi connectivity index (χ1v) is 12.5. The van der Waals surface area contributed by atoms with Crippen LogP contribution in [-0.4, -0.2) is 48.9 Å². The molecule has 1 saturated heterocycles. The Kier molecular flexibility index (Phi) is 6.63. The molecule has 6 nitrogen and oxygen atoms in total. The van der Waals surface area contributed by atoms with E-state index in [0.717, 1.165) is 63.6 Å². The third-order valence-corrected chi connectivity index (χ3v) is 7.24. The van der Waals surface area contributed by atoms with Crippen molar-refractivity contribution in [1.29, 1.82) is 0 Å². The predicted octanol–water partition coefficient (Wildman–Crippen LogP) is 4.74. The summed E-state index contributed by atoms with van der Waals surface area (Å²) in [5, 5.41) is 5.98. The highest BCUT2D eigenvalue weighted by Crippen LogP contribution is 2.29. The van der Waals surface area contributed by atoms with Crippen LogP contribution in [0.3, 0.4) is 0 Å². The number of hydrogen-bond acceptors (Lipinski definition) is 4. The Balaban J connectivity index is 1.15. The van der Waals surface area contributed by atoms with Crippen LogP contribution in [0.15, 0.2) is 48.5 Å². The first kappa shape index (κ1) is 22.0. The lowest BCUT2D eigenvalue weighted by Crippen LogP contribution is -2.47. The normalized spacial score (nSPS) is 19.8. The number of benzene rings is 2. The number of amides is 2. The molecule has 0 bridgehead atoms. The summed E-state index contributed by atoms with van der Waals surface area (Å²) in [6.45, 7) is 4.39. The summed E-state index contributed by atoms with van der Waals surface area (Å²) in [6.07, 6.45) is 8.11. The minimum absolute atomic E-state index is 0.0702. The van der Waals surface area contributed by atoms with Gasteiger partial charge in [0.1, 0.15) is 0 Å². The van der Waals surface area contributed by atoms with Crippen LogP contribution >= 0.6 is 0 Å². The van der Waals surface area contributed by atoms with Crippen molar-refractivity contribution < 1.29 is 9.59 Å². The largest absolute Gasteiger partial charge is 0.369 e. The summed E-state index contributed by atoms with van der Waals surface area (Å²) in [4.78, 5) is 30.4. The Labute approximate surface area is 196 Å². The Morgan fingerprint density at radius 3 is 2.18 bits per heavy atom. The van der Waals surface area contributed by atoms with Crippen LogP contribution in [0.5, 0.6) is 0 Å². The fraction of sp³-hybridized carbons (Fsp3) is 0.481. The molecular weight excluding hydrogens is 412 g/mol. The molecule has 2 aromatic rings. The topological polar surface area (TPSA) is 64.7 Å². The van der Waals surface area contributed by atoms with E-state index in [1.807, 2.05) is 24.3 Å². The number of anilines is 3. The number of nitrogens with zero attached hydrogens (tertiary/aromatic N) is 2. The van der Waals surface area contributed by atoms with Gasteiger partial charge in [-0.2, -0.15) is 0 Å². The second-order valence-corrected chi connectivity index (χ2v) is 9.66. The highest BCUT2D eigenvalue weighted by Gasteiger charge is 2.31. The van der Waals surface area contributed by atoms with Gasteiger partial charge in [-0.15, -0.1) is 0 Å². The molecule has 0 atom stereocenters. The van der Waals surface area contributed by atoms with Gasteiger partial charge < -0.3 is 15.5 Å². The van der Waals surface area contributed by atoms with Gasteiger partial charge in [0.05, 0.1) is 0 Å². The summed E-state index contributed by atoms with van der Waals surface area (Å²) in [6, 6.07) is 16.1. The van der Waals surface area contributed by atoms with Crippen molar-refractivity contribution in [2.75, 3.05) is 41.7 Å². The van der Waals surface area contributed by atoms with Crippen molar-refractivity contribution in [3.05, 3.63) is 54.1 Å². The molecule has 2 amide bonds. The van der Waals surface area contributed by atoms with Gasteiger partial charge in [0.15, 0.2) is 0 Å². The van der Waals surface area contributed by atoms with Gasteiger partial charge in [0.25, 0.3) is 5.91 Å². The number of carbonyl (C=O) groups is 2. The zero-order chi connectivity index (χ0) is 22.6. The molecule has 1 aliphatic heterocycles. The minimum Gasteiger partial charge on any atom is -0.369 e. The maximum atomic E-state index is 12.8. The first-order chi connectivity index (χ1) is 16.2. The Morgan fingerprint density at radius 2 is 1.48 bits per heavy atom. The first-order valence-electron chi connectivity index (χ1n) is 12.5. The molecule has 2 saturated carbocycles. The average Bonchev–Trinajstić information content (AvgIpc) is 3.71. The fourth-order valence-corrected chi connectivity index (χ4v) is 5.09. The molecule has 0 radical (unpaired) electrons. The van der Waals surface area contributed by atoms with E-state index in [-0.39, 0.29) is 17.7 Å². The van der Waals surface area contributed by atoms with Crippen LogP contribution in [0.25, 0.3) is 0 Å². The Morgan fingerprint density at radius 1 is 0.758 bits per heavy atom. The lowest BCUT2D eigenvalue weighted by Gasteiger charge is -2.36. The van der Waals surface area contributed by atoms with Crippen molar-refractivity contribution in [2.24, 2.45) is 5.92 Å². The second kappa shape index (κ2) is 9.96. The molecule has 2 aromatic carbocycles. The van der Waals surface area contributed by atoms with Gasteiger partial charge in [-0.1, -0.05) is 25.3 Å². The van der Waals surface area contributed by atoms with Crippen LogP contribution in [-0.2, 0) is 4.79 Å². The van der Waals surface area contributed by atoms with Crippen molar-refractivity contribution in [3.8, 4) is 0 Å². The SMILES string of the molecule is O=C(Nc1ccc(N2CCN(C3CC3)CC2)cc1)c1cccc(NC(=O)C2CCCCC2)c1. The summed E-state index contributed by atoms with van der Waals surface area (Å²) in [5.41, 5.74) is 3.20. The molecule has 6 heteroatoms. The highest BCUT2D eigenvalue weighted by molar-refractivity contribution is 6.05. The Hall–Kier alpha value is -2.86. The zero-order valence-corrected chi connectivity index (χ0v) is 19.3. The lowest BCUT2D eigenvalue weighted by molar-refractivity contribution is -0.120. The zero-order valence-electron chi connectivity index (χ0n) is 19.3. The van der Waals surface area contributed by atoms with Crippen LogP contribution in [0, 0.1) is 5.92 Å². The van der Waals surface area contributed by atoms with E-state index in [0.29, 0.717) is 11.3 Å². The predicted molar refractivity (Wildman–Crippen MR) is 133 cm³/mol. The molecule has 3 aliphatic rings. The summed E-state index contributed by atoms with van der Waals surface area (Å²) < 4.78 is 0. The number of piperazine rings is 1. The van der Waals surface area contributed by atoms with Crippen molar-refractivity contribution in [3.63, 3.8) is 0 Å². The molecule has 0 unspecified atom stereocenters. The van der Waals surface area contributed by atoms with Gasteiger partial charge in [0, 0.05) is 60.8 Å². The monoisotopic (exact) mass is 446 g/mol. The van der Waals surface area contributed by atoms with E-state index >= 15 is 0 Å². The third-order valence-electron chi connectivity index (χ3n) is 7.24. The van der Waals surface area contributed by atoms with E-state index < -0.39 is 0 Å². The van der Waals surface area contributed by atoms with Crippen LogP contribution in [0.1, 0.15) is 55.3 Å². The molecule has 5 rings (SSSR count). The van der Waals surface area contributed by atoms with E-state index in [9.17, 15) is 9.59 Å². The number of rotatable bonds is 6. The van der Waals surface area contributed by atoms with Crippen molar-refractivity contribution in [1.82, 2.24) is 4.90 Å². The summed E-state index contributed by atoms with van der Waals surface area (Å²) in [5.74, 6) is -0.0122. The van der Waals surface area contributed by atoms with Gasteiger partial charge in [0.2, 0.25) is 5.91 Å². The third kappa shape index (κ3) is 5.56. The van der Waals surface area contributed by atoms with Crippen molar-refractivity contribution in [2.45, 2.75) is 51.0 Å². The van der Waals surface area contributed by atoms with Gasteiger partial charge >= 0.3 is 0 Å². The van der Waals surface area contributed by atoms with Crippen LogP contribution in [0.4, 0.5) is 17.1 Å². The standard InChI is InChI=1S/C27H34N4O2/c32-26(20-5-2-1-3-6-20)29-23-8-4-7-21(19-23)27(33)28-22-9-11-24(12-10-22)30-15-17-31(18-16-30)25-13-14-25/h4,7-12,19-20,25H,1-3,5-6,13-18H2,(H,28,33)(H,29,32). The van der Waals surface area contributed by atoms with Gasteiger partial charge in [-0.05, 0) is 68.1 Å². The molecule has 2 N–H and O–H groups in total. The molecule has 0 spiro atoms. The summed E-state index contributed by atoms with van der Waals surface area (Å²) >= 11 is 0. The van der Waals surface area contributed by atoms with Crippen molar-refractivity contribution >= 4 is 28.9 Å². The fourth-order valence-electron chi connectivity index (χ4n) is 5.09. The maximum Gasteiger partial charge on any atom is 0.255 e. The summed E-state index contributed by atoms with van der Waals surface area (Å²) in [7, 11) is 0. The number of nitrogens with one attached hydrogen (secondary N) is 2. The van der Waals surface area contributed by atoms with E-state index in [4.69, 9.17) is 0 Å². The quantitative estimate of drug-likeness (QED) is 0.673. The minimum atomic E-state index is -0.172. The highest BCUT2D eigenvalue weighted by atomic mass is 16.2. The van der Waals surface area contributed by atoms with Gasteiger partial charge in [-0.3, -0.25) is 14.5 Å². The number of hydrogen-bond donors (Lipinski definition) is 2. The van der Waals surface area contributed by atoms with E-state index in [1.165, 1.54) is 24.9 Å². The molecule has 3 fully saturated rings. The van der Waals surface area contributed by atoms with E-state index in [1.54, 1.807) is 12.1 Å².